The summed E-state index contributed by atoms with van der Waals surface area (Å²) < 4.78 is 5.13. The summed E-state index contributed by atoms with van der Waals surface area (Å²) >= 11 is 0. The number of nitrogens with one attached hydrogen (secondary N) is 1. The molecule has 7 heteroatoms. The number of rotatable bonds is 9. The molecule has 1 unspecified atom stereocenters. The number of hydrogen-bond acceptors (Lipinski definition) is 5. The SMILES string of the molecule is CCOC(=O)/C(C)=C/[C@H](C(C)C)N(C)C(=O)C(NC(=O)[C@H]1CCCCN1C1CCCC1)C(C)(C)C. The molecule has 7 nitrogen and oxygen atoms in total. The van der Waals surface area contributed by atoms with Crippen molar-refractivity contribution in [2.75, 3.05) is 20.2 Å². The molecule has 0 aromatic carbocycles. The smallest absolute Gasteiger partial charge is 0.333 e. The number of likely N-dealkylation sites (N-methyl/N-ethyl adjacent to an activating group) is 1. The van der Waals surface area contributed by atoms with Gasteiger partial charge in [0.05, 0.1) is 18.7 Å². The van der Waals surface area contributed by atoms with E-state index < -0.39 is 11.5 Å². The van der Waals surface area contributed by atoms with Crippen molar-refractivity contribution < 1.29 is 19.1 Å². The molecule has 2 aliphatic rings. The van der Waals surface area contributed by atoms with Crippen molar-refractivity contribution in [3.05, 3.63) is 11.6 Å². The topological polar surface area (TPSA) is 79.0 Å². The maximum Gasteiger partial charge on any atom is 0.333 e. The van der Waals surface area contributed by atoms with Crippen LogP contribution in [0.15, 0.2) is 11.6 Å². The van der Waals surface area contributed by atoms with E-state index in [-0.39, 0.29) is 35.8 Å². The van der Waals surface area contributed by atoms with Crippen molar-refractivity contribution in [2.45, 2.75) is 118 Å². The highest BCUT2D eigenvalue weighted by atomic mass is 16.5. The van der Waals surface area contributed by atoms with Crippen LogP contribution >= 0.6 is 0 Å². The lowest BCUT2D eigenvalue weighted by Gasteiger charge is -2.41. The lowest BCUT2D eigenvalue weighted by molar-refractivity contribution is -0.142. The molecule has 1 heterocycles. The Kier molecular flexibility index (Phi) is 10.8. The maximum absolute atomic E-state index is 13.8. The average molecular weight is 492 g/mol. The van der Waals surface area contributed by atoms with Gasteiger partial charge >= 0.3 is 5.97 Å². The van der Waals surface area contributed by atoms with E-state index in [0.29, 0.717) is 18.2 Å². The lowest BCUT2D eigenvalue weighted by Crippen LogP contribution is -2.60. The van der Waals surface area contributed by atoms with Crippen LogP contribution in [0.25, 0.3) is 0 Å². The van der Waals surface area contributed by atoms with Crippen LogP contribution in [0.3, 0.4) is 0 Å². The predicted molar refractivity (Wildman–Crippen MR) is 140 cm³/mol. The minimum absolute atomic E-state index is 0.0300. The number of esters is 1. The van der Waals surface area contributed by atoms with Crippen LogP contribution in [0.2, 0.25) is 0 Å². The quantitative estimate of drug-likeness (QED) is 0.384. The highest BCUT2D eigenvalue weighted by molar-refractivity contribution is 5.91. The molecule has 1 N–H and O–H groups in total. The zero-order chi connectivity index (χ0) is 26.3. The molecule has 1 saturated carbocycles. The van der Waals surface area contributed by atoms with Gasteiger partial charge in [-0.15, -0.1) is 0 Å². The van der Waals surface area contributed by atoms with Gasteiger partial charge in [-0.1, -0.05) is 60.0 Å². The van der Waals surface area contributed by atoms with Crippen LogP contribution in [0.1, 0.15) is 93.4 Å². The molecule has 2 fully saturated rings. The van der Waals surface area contributed by atoms with Gasteiger partial charge in [0.15, 0.2) is 0 Å². The van der Waals surface area contributed by atoms with Crippen molar-refractivity contribution in [1.82, 2.24) is 15.1 Å². The van der Waals surface area contributed by atoms with Crippen molar-refractivity contribution in [3.63, 3.8) is 0 Å². The molecule has 35 heavy (non-hydrogen) atoms. The molecule has 200 valence electrons. The number of ether oxygens (including phenoxy) is 1. The summed E-state index contributed by atoms with van der Waals surface area (Å²) in [5, 5.41) is 3.17. The third kappa shape index (κ3) is 7.80. The minimum Gasteiger partial charge on any atom is -0.463 e. The molecule has 0 aromatic heterocycles. The van der Waals surface area contributed by atoms with Crippen LogP contribution < -0.4 is 5.32 Å². The molecule has 0 aromatic rings. The number of piperidine rings is 1. The molecule has 3 atom stereocenters. The molecule has 2 amide bonds. The van der Waals surface area contributed by atoms with Crippen LogP contribution in [-0.4, -0.2) is 72.0 Å². The highest BCUT2D eigenvalue weighted by Gasteiger charge is 2.41. The zero-order valence-corrected chi connectivity index (χ0v) is 23.4. The number of nitrogens with zero attached hydrogens (tertiary/aromatic N) is 2. The van der Waals surface area contributed by atoms with Gasteiger partial charge in [0.2, 0.25) is 11.8 Å². The van der Waals surface area contributed by atoms with Crippen LogP contribution in [-0.2, 0) is 19.1 Å². The fourth-order valence-electron chi connectivity index (χ4n) is 5.47. The van der Waals surface area contributed by atoms with Crippen LogP contribution in [0, 0.1) is 11.3 Å². The maximum atomic E-state index is 13.8. The monoisotopic (exact) mass is 491 g/mol. The predicted octanol–water partition coefficient (Wildman–Crippen LogP) is 4.31. The van der Waals surface area contributed by atoms with Crippen molar-refractivity contribution in [2.24, 2.45) is 11.3 Å². The molecule has 1 aliphatic carbocycles. The lowest BCUT2D eigenvalue weighted by atomic mass is 9.84. The first-order valence-corrected chi connectivity index (χ1v) is 13.6. The van der Waals surface area contributed by atoms with E-state index in [1.807, 2.05) is 40.7 Å². The normalized spacial score (nSPS) is 22.1. The van der Waals surface area contributed by atoms with E-state index >= 15 is 0 Å². The first kappa shape index (κ1) is 29.3. The van der Waals surface area contributed by atoms with E-state index in [0.717, 1.165) is 38.6 Å². The molecule has 0 spiro atoms. The van der Waals surface area contributed by atoms with E-state index in [1.165, 1.54) is 12.8 Å². The Morgan fingerprint density at radius 2 is 1.69 bits per heavy atom. The van der Waals surface area contributed by atoms with Crippen molar-refractivity contribution in [1.29, 1.82) is 0 Å². The average Bonchev–Trinajstić information content (AvgIpc) is 3.33. The fourth-order valence-corrected chi connectivity index (χ4v) is 5.47. The second-order valence-electron chi connectivity index (χ2n) is 11.7. The van der Waals surface area contributed by atoms with Gasteiger partial charge in [-0.2, -0.15) is 0 Å². The molecule has 0 bridgehead atoms. The third-order valence-corrected chi connectivity index (χ3v) is 7.54. The Hall–Kier alpha value is -1.89. The Morgan fingerprint density at radius 1 is 1.09 bits per heavy atom. The van der Waals surface area contributed by atoms with Gasteiger partial charge in [0, 0.05) is 18.7 Å². The minimum atomic E-state index is -0.662. The van der Waals surface area contributed by atoms with E-state index in [4.69, 9.17) is 4.74 Å². The second-order valence-corrected chi connectivity index (χ2v) is 11.7. The summed E-state index contributed by atoms with van der Waals surface area (Å²) in [7, 11) is 1.76. The van der Waals surface area contributed by atoms with Crippen molar-refractivity contribution >= 4 is 17.8 Å². The van der Waals surface area contributed by atoms with Gasteiger partial charge in [0.25, 0.3) is 0 Å². The van der Waals surface area contributed by atoms with E-state index in [9.17, 15) is 14.4 Å². The third-order valence-electron chi connectivity index (χ3n) is 7.54. The summed E-state index contributed by atoms with van der Waals surface area (Å²) in [4.78, 5) is 43.7. The summed E-state index contributed by atoms with van der Waals surface area (Å²) in [6.45, 7) is 14.8. The van der Waals surface area contributed by atoms with Gasteiger partial charge in [-0.05, 0) is 57.4 Å². The van der Waals surface area contributed by atoms with Gasteiger partial charge in [0.1, 0.15) is 6.04 Å². The molecular weight excluding hydrogens is 442 g/mol. The van der Waals surface area contributed by atoms with Gasteiger partial charge < -0.3 is 15.0 Å². The molecule has 0 radical (unpaired) electrons. The van der Waals surface area contributed by atoms with Gasteiger partial charge in [-0.3, -0.25) is 14.5 Å². The zero-order valence-electron chi connectivity index (χ0n) is 23.4. The van der Waals surface area contributed by atoms with Crippen LogP contribution in [0.4, 0.5) is 0 Å². The number of hydrogen-bond donors (Lipinski definition) is 1. The van der Waals surface area contributed by atoms with Crippen molar-refractivity contribution in [3.8, 4) is 0 Å². The van der Waals surface area contributed by atoms with E-state index in [2.05, 4.69) is 10.2 Å². The number of likely N-dealkylation sites (tertiary alicyclic amines) is 1. The van der Waals surface area contributed by atoms with Gasteiger partial charge in [-0.25, -0.2) is 4.79 Å². The summed E-state index contributed by atoms with van der Waals surface area (Å²) in [5.74, 6) is -0.455. The number of carbonyl (C=O) groups excluding carboxylic acids is 3. The standard InChI is InChI=1S/C28H49N3O4/c1-9-35-27(34)20(4)18-23(19(2)3)30(8)26(33)24(28(5,6)7)29-25(32)22-16-12-13-17-31(22)21-14-10-11-15-21/h18-19,21-24H,9-17H2,1-8H3,(H,29,32)/b20-18+/t22-,23-,24?/m1/s1. The van der Waals surface area contributed by atoms with E-state index in [1.54, 1.807) is 25.8 Å². The number of amides is 2. The number of carbonyl (C=O) groups is 3. The molecule has 2 rings (SSSR count). The highest BCUT2D eigenvalue weighted by Crippen LogP contribution is 2.30. The molecular formula is C28H49N3O4. The largest absolute Gasteiger partial charge is 0.463 e. The summed E-state index contributed by atoms with van der Waals surface area (Å²) in [6, 6.07) is -0.635. The summed E-state index contributed by atoms with van der Waals surface area (Å²) in [6.07, 6.45) is 9.63. The molecule has 1 aliphatic heterocycles. The van der Waals surface area contributed by atoms with Crippen LogP contribution in [0.5, 0.6) is 0 Å². The Morgan fingerprint density at radius 3 is 2.23 bits per heavy atom. The molecule has 1 saturated heterocycles. The Balaban J connectivity index is 2.23. The fraction of sp³-hybridized carbons (Fsp3) is 0.821. The first-order valence-electron chi connectivity index (χ1n) is 13.6. The second kappa shape index (κ2) is 12.9. The Labute approximate surface area is 213 Å². The first-order chi connectivity index (χ1) is 16.4. The Bertz CT molecular complexity index is 765. The summed E-state index contributed by atoms with van der Waals surface area (Å²) in [5.41, 5.74) is 0.0194.